The van der Waals surface area contributed by atoms with Gasteiger partial charge >= 0.3 is 0 Å². The van der Waals surface area contributed by atoms with Crippen molar-refractivity contribution >= 4 is 0 Å². The fraction of sp³-hybridized carbons (Fsp3) is 0.760. The number of aliphatic hydroxyl groups is 1. The highest BCUT2D eigenvalue weighted by molar-refractivity contribution is 5.28. The first-order valence-corrected chi connectivity index (χ1v) is 11.9. The average Bonchev–Trinajstić information content (AvgIpc) is 3.63. The van der Waals surface area contributed by atoms with Crippen molar-refractivity contribution in [3.05, 3.63) is 29.8 Å². The second kappa shape index (κ2) is 9.80. The largest absolute Gasteiger partial charge is 0.491 e. The standard InChI is InChI=1S/C25H40N2O2/c1-26(22-8-4-3-5-9-22)17-23(28)18-29-24-10-6-7-19(15-24)16-27(2)25(20-11-12-20)21-13-14-21/h6-7,10,15,20-23,25,28H,3-5,8-9,11-14,16-18H2,1-2H3. The van der Waals surface area contributed by atoms with Gasteiger partial charge in [-0.05, 0) is 82.2 Å². The van der Waals surface area contributed by atoms with Crippen molar-refractivity contribution in [1.82, 2.24) is 9.80 Å². The molecule has 1 unspecified atom stereocenters. The van der Waals surface area contributed by atoms with Crippen molar-refractivity contribution in [1.29, 1.82) is 0 Å². The first-order valence-electron chi connectivity index (χ1n) is 11.9. The molecule has 1 aromatic rings. The highest BCUT2D eigenvalue weighted by atomic mass is 16.5. The molecule has 0 aliphatic heterocycles. The molecule has 4 nitrogen and oxygen atoms in total. The first kappa shape index (κ1) is 21.1. The number of rotatable bonds is 11. The van der Waals surface area contributed by atoms with Gasteiger partial charge in [0, 0.05) is 25.2 Å². The van der Waals surface area contributed by atoms with Gasteiger partial charge in [0.15, 0.2) is 0 Å². The molecule has 1 atom stereocenters. The lowest BCUT2D eigenvalue weighted by Gasteiger charge is -2.32. The zero-order valence-electron chi connectivity index (χ0n) is 18.4. The summed E-state index contributed by atoms with van der Waals surface area (Å²) in [6.07, 6.45) is 11.8. The van der Waals surface area contributed by atoms with Crippen LogP contribution in [0.2, 0.25) is 0 Å². The molecule has 0 saturated heterocycles. The first-order chi connectivity index (χ1) is 14.1. The Labute approximate surface area is 177 Å². The minimum Gasteiger partial charge on any atom is -0.491 e. The maximum Gasteiger partial charge on any atom is 0.119 e. The molecule has 0 spiro atoms. The van der Waals surface area contributed by atoms with E-state index >= 15 is 0 Å². The Kier molecular flexibility index (Phi) is 7.15. The van der Waals surface area contributed by atoms with Crippen molar-refractivity contribution in [2.24, 2.45) is 11.8 Å². The molecule has 0 amide bonds. The molecule has 3 fully saturated rings. The second-order valence-electron chi connectivity index (χ2n) is 9.92. The molecule has 3 aliphatic carbocycles. The zero-order chi connectivity index (χ0) is 20.2. The van der Waals surface area contributed by atoms with Gasteiger partial charge in [-0.15, -0.1) is 0 Å². The quantitative estimate of drug-likeness (QED) is 0.600. The molecule has 1 N–H and O–H groups in total. The number of benzene rings is 1. The molecule has 4 heteroatoms. The SMILES string of the molecule is CN(CC(O)COc1cccc(CN(C)C(C2CC2)C2CC2)c1)C1CCCCC1. The Morgan fingerprint density at radius 1 is 1.00 bits per heavy atom. The van der Waals surface area contributed by atoms with E-state index in [0.29, 0.717) is 19.2 Å². The Hall–Kier alpha value is -1.10. The minimum absolute atomic E-state index is 0.364. The topological polar surface area (TPSA) is 35.9 Å². The Balaban J connectivity index is 1.24. The van der Waals surface area contributed by atoms with Gasteiger partial charge in [-0.3, -0.25) is 4.90 Å². The van der Waals surface area contributed by atoms with Gasteiger partial charge < -0.3 is 14.7 Å². The summed E-state index contributed by atoms with van der Waals surface area (Å²) < 4.78 is 5.96. The fourth-order valence-corrected chi connectivity index (χ4v) is 5.36. The van der Waals surface area contributed by atoms with Crippen molar-refractivity contribution in [3.8, 4) is 5.75 Å². The fourth-order valence-electron chi connectivity index (χ4n) is 5.36. The molecular formula is C25H40N2O2. The van der Waals surface area contributed by atoms with Gasteiger partial charge in [0.2, 0.25) is 0 Å². The number of hydrogen-bond donors (Lipinski definition) is 1. The molecule has 162 valence electrons. The van der Waals surface area contributed by atoms with Crippen LogP contribution < -0.4 is 4.74 Å². The molecule has 3 saturated carbocycles. The Morgan fingerprint density at radius 3 is 2.34 bits per heavy atom. The summed E-state index contributed by atoms with van der Waals surface area (Å²) in [5.41, 5.74) is 1.31. The van der Waals surface area contributed by atoms with Crippen LogP contribution in [0.15, 0.2) is 24.3 Å². The average molecular weight is 401 g/mol. The highest BCUT2D eigenvalue weighted by Crippen LogP contribution is 2.47. The normalized spacial score (nSPS) is 21.9. The lowest BCUT2D eigenvalue weighted by Crippen LogP contribution is -2.40. The number of ether oxygens (including phenoxy) is 1. The summed E-state index contributed by atoms with van der Waals surface area (Å²) in [7, 11) is 4.44. The summed E-state index contributed by atoms with van der Waals surface area (Å²) in [4.78, 5) is 4.90. The summed E-state index contributed by atoms with van der Waals surface area (Å²) in [6, 6.07) is 9.86. The molecule has 0 heterocycles. The van der Waals surface area contributed by atoms with Crippen LogP contribution in [0.5, 0.6) is 5.75 Å². The number of nitrogens with zero attached hydrogens (tertiary/aromatic N) is 2. The predicted molar refractivity (Wildman–Crippen MR) is 118 cm³/mol. The van der Waals surface area contributed by atoms with Gasteiger partial charge in [-0.2, -0.15) is 0 Å². The number of likely N-dealkylation sites (N-methyl/N-ethyl adjacent to an activating group) is 1. The molecule has 3 aliphatic rings. The van der Waals surface area contributed by atoms with Crippen LogP contribution in [-0.2, 0) is 6.54 Å². The third-order valence-corrected chi connectivity index (χ3v) is 7.19. The summed E-state index contributed by atoms with van der Waals surface area (Å²) >= 11 is 0. The van der Waals surface area contributed by atoms with E-state index in [2.05, 4.69) is 42.1 Å². The van der Waals surface area contributed by atoms with E-state index in [1.165, 1.54) is 63.4 Å². The van der Waals surface area contributed by atoms with E-state index < -0.39 is 6.10 Å². The van der Waals surface area contributed by atoms with Gasteiger partial charge in [0.1, 0.15) is 18.5 Å². The lowest BCUT2D eigenvalue weighted by atomic mass is 9.94. The smallest absolute Gasteiger partial charge is 0.119 e. The second-order valence-corrected chi connectivity index (χ2v) is 9.92. The highest BCUT2D eigenvalue weighted by Gasteiger charge is 2.43. The van der Waals surface area contributed by atoms with Crippen molar-refractivity contribution in [3.63, 3.8) is 0 Å². The molecule has 0 bridgehead atoms. The van der Waals surface area contributed by atoms with Gasteiger partial charge in [-0.25, -0.2) is 0 Å². The maximum atomic E-state index is 10.5. The van der Waals surface area contributed by atoms with E-state index in [9.17, 15) is 5.11 Å². The van der Waals surface area contributed by atoms with Crippen LogP contribution in [0.1, 0.15) is 63.4 Å². The van der Waals surface area contributed by atoms with Crippen LogP contribution in [0.3, 0.4) is 0 Å². The summed E-state index contributed by atoms with van der Waals surface area (Å²) in [6.45, 7) is 2.04. The molecule has 4 rings (SSSR count). The number of aliphatic hydroxyl groups excluding tert-OH is 1. The zero-order valence-corrected chi connectivity index (χ0v) is 18.4. The summed E-state index contributed by atoms with van der Waals surface area (Å²) in [5, 5.41) is 10.5. The van der Waals surface area contributed by atoms with Gasteiger partial charge in [-0.1, -0.05) is 31.4 Å². The van der Waals surface area contributed by atoms with E-state index in [1.807, 2.05) is 6.07 Å². The Morgan fingerprint density at radius 2 is 1.69 bits per heavy atom. The van der Waals surface area contributed by atoms with E-state index in [4.69, 9.17) is 4.74 Å². The monoisotopic (exact) mass is 400 g/mol. The molecule has 29 heavy (non-hydrogen) atoms. The molecular weight excluding hydrogens is 360 g/mol. The molecule has 1 aromatic carbocycles. The van der Waals surface area contributed by atoms with Crippen molar-refractivity contribution in [2.45, 2.75) is 82.5 Å². The molecule has 0 radical (unpaired) electrons. The van der Waals surface area contributed by atoms with Crippen molar-refractivity contribution < 1.29 is 9.84 Å². The van der Waals surface area contributed by atoms with Gasteiger partial charge in [0.25, 0.3) is 0 Å². The lowest BCUT2D eigenvalue weighted by molar-refractivity contribution is 0.0561. The Bertz CT molecular complexity index is 625. The van der Waals surface area contributed by atoms with E-state index in [1.54, 1.807) is 0 Å². The van der Waals surface area contributed by atoms with Crippen LogP contribution in [0, 0.1) is 11.8 Å². The summed E-state index contributed by atoms with van der Waals surface area (Å²) in [5.74, 6) is 2.75. The number of hydrogen-bond acceptors (Lipinski definition) is 4. The third-order valence-electron chi connectivity index (χ3n) is 7.19. The van der Waals surface area contributed by atoms with Crippen LogP contribution in [0.25, 0.3) is 0 Å². The molecule has 0 aromatic heterocycles. The van der Waals surface area contributed by atoms with Crippen molar-refractivity contribution in [2.75, 3.05) is 27.2 Å². The minimum atomic E-state index is -0.442. The van der Waals surface area contributed by atoms with Crippen LogP contribution in [0.4, 0.5) is 0 Å². The van der Waals surface area contributed by atoms with Crippen LogP contribution >= 0.6 is 0 Å². The predicted octanol–water partition coefficient (Wildman–Crippen LogP) is 4.31. The van der Waals surface area contributed by atoms with E-state index in [0.717, 1.165) is 30.2 Å². The van der Waals surface area contributed by atoms with E-state index in [-0.39, 0.29) is 0 Å². The van der Waals surface area contributed by atoms with Gasteiger partial charge in [0.05, 0.1) is 0 Å². The maximum absolute atomic E-state index is 10.5. The third kappa shape index (κ3) is 6.19. The van der Waals surface area contributed by atoms with Crippen LogP contribution in [-0.4, -0.2) is 60.3 Å².